The molecular formula is C17H12N2O7S. The summed E-state index contributed by atoms with van der Waals surface area (Å²) in [4.78, 5) is 21.9. The van der Waals surface area contributed by atoms with Crippen molar-refractivity contribution in [1.82, 2.24) is 0 Å². The van der Waals surface area contributed by atoms with Crippen LogP contribution in [0.2, 0.25) is 0 Å². The number of hydrogen-bond donors (Lipinski definition) is 3. The van der Waals surface area contributed by atoms with Gasteiger partial charge in [0.25, 0.3) is 21.7 Å². The predicted molar refractivity (Wildman–Crippen MR) is 96.5 cm³/mol. The first-order valence-electron chi connectivity index (χ1n) is 7.45. The van der Waals surface area contributed by atoms with Crippen LogP contribution in [0.4, 0.5) is 11.4 Å². The Hall–Kier alpha value is -3.50. The molecule has 3 N–H and O–H groups in total. The molecule has 0 fully saturated rings. The molecule has 0 saturated carbocycles. The number of phenols is 1. The number of phenolic OH excluding ortho intramolecular Hbond substituents is 1. The Morgan fingerprint density at radius 1 is 1.04 bits per heavy atom. The average Bonchev–Trinajstić information content (AvgIpc) is 2.60. The Morgan fingerprint density at radius 3 is 2.30 bits per heavy atom. The van der Waals surface area contributed by atoms with Crippen LogP contribution in [-0.2, 0) is 10.1 Å². The first-order chi connectivity index (χ1) is 12.6. The second kappa shape index (κ2) is 6.67. The molecule has 3 rings (SSSR count). The second-order valence-corrected chi connectivity index (χ2v) is 7.00. The van der Waals surface area contributed by atoms with Crippen LogP contribution in [0.5, 0.6) is 5.75 Å². The van der Waals surface area contributed by atoms with Crippen LogP contribution in [0.25, 0.3) is 10.8 Å². The van der Waals surface area contributed by atoms with Gasteiger partial charge in [0, 0.05) is 28.8 Å². The Kier molecular flexibility index (Phi) is 4.52. The minimum absolute atomic E-state index is 0.0872. The van der Waals surface area contributed by atoms with Crippen LogP contribution in [0.15, 0.2) is 59.5 Å². The molecule has 0 aromatic heterocycles. The summed E-state index contributed by atoms with van der Waals surface area (Å²) >= 11 is 0. The molecule has 0 unspecified atom stereocenters. The van der Waals surface area contributed by atoms with Crippen LogP contribution >= 0.6 is 0 Å². The lowest BCUT2D eigenvalue weighted by Crippen LogP contribution is -2.12. The molecule has 0 saturated heterocycles. The van der Waals surface area contributed by atoms with Crippen LogP contribution in [0.3, 0.4) is 0 Å². The number of fused-ring (bicyclic) bond motifs is 1. The van der Waals surface area contributed by atoms with E-state index in [0.717, 1.165) is 6.07 Å². The van der Waals surface area contributed by atoms with E-state index in [1.165, 1.54) is 48.5 Å². The van der Waals surface area contributed by atoms with Crippen molar-refractivity contribution in [3.63, 3.8) is 0 Å². The molecule has 0 spiro atoms. The Balaban J connectivity index is 2.00. The van der Waals surface area contributed by atoms with Gasteiger partial charge < -0.3 is 10.4 Å². The minimum Gasteiger partial charge on any atom is -0.508 e. The van der Waals surface area contributed by atoms with Gasteiger partial charge in [-0.1, -0.05) is 6.07 Å². The van der Waals surface area contributed by atoms with Crippen molar-refractivity contribution in [3.05, 3.63) is 70.3 Å². The molecule has 1 amide bonds. The number of benzene rings is 3. The molecule has 3 aromatic carbocycles. The first kappa shape index (κ1) is 18.3. The van der Waals surface area contributed by atoms with Crippen molar-refractivity contribution >= 4 is 38.2 Å². The zero-order chi connectivity index (χ0) is 19.8. The van der Waals surface area contributed by atoms with E-state index in [1.54, 1.807) is 0 Å². The van der Waals surface area contributed by atoms with Gasteiger partial charge in [0.2, 0.25) is 0 Å². The number of hydrogen-bond acceptors (Lipinski definition) is 6. The number of rotatable bonds is 4. The van der Waals surface area contributed by atoms with Gasteiger partial charge >= 0.3 is 0 Å². The summed E-state index contributed by atoms with van der Waals surface area (Å²) in [6, 6.07) is 11.3. The highest BCUT2D eigenvalue weighted by molar-refractivity contribution is 7.86. The molecule has 0 atom stereocenters. The highest BCUT2D eigenvalue weighted by atomic mass is 32.2. The molecule has 138 valence electrons. The fourth-order valence-corrected chi connectivity index (χ4v) is 3.27. The van der Waals surface area contributed by atoms with Crippen molar-refractivity contribution in [2.75, 3.05) is 5.32 Å². The lowest BCUT2D eigenvalue weighted by molar-refractivity contribution is -0.384. The summed E-state index contributed by atoms with van der Waals surface area (Å²) in [7, 11) is -4.62. The predicted octanol–water partition coefficient (Wildman–Crippen LogP) is 2.95. The van der Waals surface area contributed by atoms with E-state index < -0.39 is 25.8 Å². The second-order valence-electron chi connectivity index (χ2n) is 5.61. The van der Waals surface area contributed by atoms with E-state index in [4.69, 9.17) is 0 Å². The number of nitro benzene ring substituents is 1. The van der Waals surface area contributed by atoms with E-state index >= 15 is 0 Å². The van der Waals surface area contributed by atoms with Crippen LogP contribution in [0, 0.1) is 10.1 Å². The number of amides is 1. The summed E-state index contributed by atoms with van der Waals surface area (Å²) in [6.07, 6.45) is 0. The van der Waals surface area contributed by atoms with E-state index in [0.29, 0.717) is 5.39 Å². The summed E-state index contributed by atoms with van der Waals surface area (Å²) in [5.74, 6) is -0.806. The quantitative estimate of drug-likeness (QED) is 0.354. The minimum atomic E-state index is -4.62. The molecule has 0 aliphatic heterocycles. The number of nitrogens with one attached hydrogen (secondary N) is 1. The van der Waals surface area contributed by atoms with Crippen molar-refractivity contribution in [2.24, 2.45) is 0 Å². The van der Waals surface area contributed by atoms with Gasteiger partial charge in [-0.2, -0.15) is 8.42 Å². The summed E-state index contributed by atoms with van der Waals surface area (Å²) in [6.45, 7) is 0. The first-order valence-corrected chi connectivity index (χ1v) is 8.89. The molecule has 0 bridgehead atoms. The lowest BCUT2D eigenvalue weighted by atomic mass is 10.1. The monoisotopic (exact) mass is 388 g/mol. The molecule has 9 nitrogen and oxygen atoms in total. The maximum Gasteiger partial charge on any atom is 0.295 e. The fraction of sp³-hybridized carbons (Fsp3) is 0. The smallest absolute Gasteiger partial charge is 0.295 e. The van der Waals surface area contributed by atoms with Gasteiger partial charge in [0.15, 0.2) is 0 Å². The number of carbonyl (C=O) groups is 1. The lowest BCUT2D eigenvalue weighted by Gasteiger charge is -2.10. The molecule has 27 heavy (non-hydrogen) atoms. The van der Waals surface area contributed by atoms with Gasteiger partial charge in [-0.15, -0.1) is 0 Å². The highest BCUT2D eigenvalue weighted by Crippen LogP contribution is 2.30. The number of nitro groups is 1. The fourth-order valence-electron chi connectivity index (χ4n) is 2.54. The molecular weight excluding hydrogens is 376 g/mol. The number of nitrogens with zero attached hydrogens (tertiary/aromatic N) is 1. The zero-order valence-corrected chi connectivity index (χ0v) is 14.3. The summed E-state index contributed by atoms with van der Waals surface area (Å²) in [5.41, 5.74) is 0.0368. The van der Waals surface area contributed by atoms with E-state index in [9.17, 15) is 33.0 Å². The number of anilines is 1. The molecule has 0 aliphatic carbocycles. The number of non-ortho nitro benzene ring substituents is 1. The Labute approximate surface area is 152 Å². The SMILES string of the molecule is O=C(Nc1cc(S(=O)(=O)O)c2cc(O)ccc2c1)c1ccc([N+](=O)[O-])cc1. The molecule has 0 heterocycles. The third-order valence-corrected chi connectivity index (χ3v) is 4.67. The van der Waals surface area contributed by atoms with Gasteiger partial charge in [-0.05, 0) is 41.8 Å². The third-order valence-electron chi connectivity index (χ3n) is 3.78. The van der Waals surface area contributed by atoms with Crippen molar-refractivity contribution in [1.29, 1.82) is 0 Å². The van der Waals surface area contributed by atoms with Crippen molar-refractivity contribution in [2.45, 2.75) is 4.90 Å². The normalized spacial score (nSPS) is 11.3. The highest BCUT2D eigenvalue weighted by Gasteiger charge is 2.18. The van der Waals surface area contributed by atoms with Crippen molar-refractivity contribution < 1.29 is 27.8 Å². The summed E-state index contributed by atoms with van der Waals surface area (Å²) in [5, 5.41) is 23.1. The van der Waals surface area contributed by atoms with E-state index in [-0.39, 0.29) is 28.1 Å². The average molecular weight is 388 g/mol. The topological polar surface area (TPSA) is 147 Å². The van der Waals surface area contributed by atoms with Gasteiger partial charge in [-0.3, -0.25) is 19.5 Å². The van der Waals surface area contributed by atoms with Crippen LogP contribution in [-0.4, -0.2) is 28.9 Å². The number of aromatic hydroxyl groups is 1. The van der Waals surface area contributed by atoms with E-state index in [1.807, 2.05) is 0 Å². The van der Waals surface area contributed by atoms with Crippen LogP contribution in [0.1, 0.15) is 10.4 Å². The molecule has 0 aliphatic rings. The standard InChI is InChI=1S/C17H12N2O7S/c20-14-6-3-11-7-12(8-16(15(11)9-14)27(24,25)26)18-17(21)10-1-4-13(5-2-10)19(22)23/h1-9,20H,(H,18,21)(H,24,25,26). The molecule has 10 heteroatoms. The van der Waals surface area contributed by atoms with Crippen molar-refractivity contribution in [3.8, 4) is 5.75 Å². The zero-order valence-electron chi connectivity index (χ0n) is 13.5. The van der Waals surface area contributed by atoms with Gasteiger partial charge in [-0.25, -0.2) is 0 Å². The van der Waals surface area contributed by atoms with Crippen LogP contribution < -0.4 is 5.32 Å². The largest absolute Gasteiger partial charge is 0.508 e. The number of carbonyl (C=O) groups excluding carboxylic acids is 1. The summed E-state index contributed by atoms with van der Waals surface area (Å²) < 4.78 is 32.8. The van der Waals surface area contributed by atoms with Gasteiger partial charge in [0.1, 0.15) is 10.6 Å². The maximum absolute atomic E-state index is 12.3. The van der Waals surface area contributed by atoms with Gasteiger partial charge in [0.05, 0.1) is 4.92 Å². The Morgan fingerprint density at radius 2 is 1.70 bits per heavy atom. The third kappa shape index (κ3) is 3.86. The molecule has 0 radical (unpaired) electrons. The maximum atomic E-state index is 12.3. The molecule has 3 aromatic rings. The Bertz CT molecular complexity index is 1170. The van der Waals surface area contributed by atoms with E-state index in [2.05, 4.69) is 5.32 Å².